The first-order chi connectivity index (χ1) is 13.7. The zero-order valence-corrected chi connectivity index (χ0v) is 14.6. The topological polar surface area (TPSA) is 65.6 Å². The molecule has 0 atom stereocenters. The third-order valence-corrected chi connectivity index (χ3v) is 4.67. The summed E-state index contributed by atoms with van der Waals surface area (Å²) < 4.78 is 15.1. The van der Waals surface area contributed by atoms with Gasteiger partial charge in [-0.25, -0.2) is 14.4 Å². The fraction of sp³-hybridized carbons (Fsp3) is 0. The van der Waals surface area contributed by atoms with Gasteiger partial charge in [-0.1, -0.05) is 12.1 Å². The van der Waals surface area contributed by atoms with Crippen LogP contribution in [0.5, 0.6) is 0 Å². The molecule has 0 unspecified atom stereocenters. The van der Waals surface area contributed by atoms with E-state index in [-0.39, 0.29) is 5.82 Å². The lowest BCUT2D eigenvalue weighted by molar-refractivity contribution is -0.603. The summed E-state index contributed by atoms with van der Waals surface area (Å²) in [6.45, 7) is 0. The first-order valence-electron chi connectivity index (χ1n) is 8.69. The van der Waals surface area contributed by atoms with Gasteiger partial charge in [-0.05, 0) is 36.4 Å². The average Bonchev–Trinajstić information content (AvgIpc) is 2.72. The minimum absolute atomic E-state index is 0.352. The summed E-state index contributed by atoms with van der Waals surface area (Å²) >= 11 is 0. The quantitative estimate of drug-likeness (QED) is 0.344. The van der Waals surface area contributed by atoms with Crippen molar-refractivity contribution in [3.8, 4) is 22.5 Å². The van der Waals surface area contributed by atoms with Crippen molar-refractivity contribution in [3.05, 3.63) is 90.4 Å². The standard InChI is InChI=1S/C22H13FN4O/c23-19-6-2-1-4-17(19)20-12-18(16-5-3-9-25-22(16)26-20)21-15-8-11-27(28)13-14(15)7-10-24-21/h1-13H. The lowest BCUT2D eigenvalue weighted by Gasteiger charge is -2.11. The molecule has 5 aromatic rings. The number of hydrogen-bond acceptors (Lipinski definition) is 4. The molecule has 4 heterocycles. The third-order valence-electron chi connectivity index (χ3n) is 4.67. The molecular formula is C22H13FN4O. The van der Waals surface area contributed by atoms with Crippen LogP contribution in [0.15, 0.2) is 79.4 Å². The molecule has 0 saturated carbocycles. The predicted molar refractivity (Wildman–Crippen MR) is 105 cm³/mol. The maximum Gasteiger partial charge on any atom is 0.188 e. The van der Waals surface area contributed by atoms with Crippen LogP contribution in [0.25, 0.3) is 44.3 Å². The van der Waals surface area contributed by atoms with E-state index < -0.39 is 0 Å². The first kappa shape index (κ1) is 16.3. The number of rotatable bonds is 2. The number of nitrogens with zero attached hydrogens (tertiary/aromatic N) is 4. The van der Waals surface area contributed by atoms with Gasteiger partial charge >= 0.3 is 0 Å². The van der Waals surface area contributed by atoms with Gasteiger partial charge in [0.15, 0.2) is 18.0 Å². The SMILES string of the molecule is [O-][n+]1ccc2c(-c3cc(-c4ccccc4F)nc4ncccc34)nccc2c1. The van der Waals surface area contributed by atoms with Crippen molar-refractivity contribution in [3.63, 3.8) is 0 Å². The lowest BCUT2D eigenvalue weighted by atomic mass is 10.00. The second-order valence-electron chi connectivity index (χ2n) is 6.38. The zero-order valence-electron chi connectivity index (χ0n) is 14.6. The summed E-state index contributed by atoms with van der Waals surface area (Å²) in [6, 6.07) is 15.6. The Balaban J connectivity index is 1.86. The van der Waals surface area contributed by atoms with E-state index in [1.807, 2.05) is 18.2 Å². The van der Waals surface area contributed by atoms with Crippen LogP contribution in [0, 0.1) is 11.0 Å². The van der Waals surface area contributed by atoms with Crippen LogP contribution >= 0.6 is 0 Å². The zero-order chi connectivity index (χ0) is 19.1. The Morgan fingerprint density at radius 3 is 2.64 bits per heavy atom. The summed E-state index contributed by atoms with van der Waals surface area (Å²) in [4.78, 5) is 13.5. The molecule has 0 spiro atoms. The molecule has 1 aromatic carbocycles. The molecule has 0 aliphatic rings. The Morgan fingerprint density at radius 2 is 1.75 bits per heavy atom. The van der Waals surface area contributed by atoms with Crippen molar-refractivity contribution in [1.82, 2.24) is 15.0 Å². The van der Waals surface area contributed by atoms with E-state index in [0.29, 0.717) is 22.6 Å². The van der Waals surface area contributed by atoms with Crippen LogP contribution in [-0.4, -0.2) is 15.0 Å². The fourth-order valence-corrected chi connectivity index (χ4v) is 3.38. The average molecular weight is 368 g/mol. The molecule has 6 heteroatoms. The van der Waals surface area contributed by atoms with E-state index in [1.54, 1.807) is 42.7 Å². The van der Waals surface area contributed by atoms with Crippen molar-refractivity contribution in [2.24, 2.45) is 0 Å². The van der Waals surface area contributed by atoms with Crippen molar-refractivity contribution in [2.75, 3.05) is 0 Å². The van der Waals surface area contributed by atoms with E-state index >= 15 is 0 Å². The van der Waals surface area contributed by atoms with Gasteiger partial charge < -0.3 is 5.21 Å². The van der Waals surface area contributed by atoms with Crippen LogP contribution < -0.4 is 4.73 Å². The molecule has 4 aromatic heterocycles. The first-order valence-corrected chi connectivity index (χ1v) is 8.69. The summed E-state index contributed by atoms with van der Waals surface area (Å²) in [5.41, 5.74) is 2.86. The lowest BCUT2D eigenvalue weighted by Crippen LogP contribution is -2.23. The van der Waals surface area contributed by atoms with Crippen molar-refractivity contribution >= 4 is 21.8 Å². The summed E-state index contributed by atoms with van der Waals surface area (Å²) in [7, 11) is 0. The molecule has 28 heavy (non-hydrogen) atoms. The minimum Gasteiger partial charge on any atom is -0.619 e. The highest BCUT2D eigenvalue weighted by molar-refractivity contribution is 6.02. The van der Waals surface area contributed by atoms with Gasteiger partial charge in [-0.2, -0.15) is 4.73 Å². The van der Waals surface area contributed by atoms with Crippen LogP contribution in [-0.2, 0) is 0 Å². The van der Waals surface area contributed by atoms with Gasteiger partial charge in [0.05, 0.1) is 16.8 Å². The number of aromatic nitrogens is 4. The molecule has 0 aliphatic carbocycles. The Hall–Kier alpha value is -3.93. The van der Waals surface area contributed by atoms with Crippen LogP contribution in [0.4, 0.5) is 4.39 Å². The second kappa shape index (κ2) is 6.35. The smallest absolute Gasteiger partial charge is 0.188 e. The third kappa shape index (κ3) is 2.63. The van der Waals surface area contributed by atoms with E-state index in [1.165, 1.54) is 18.5 Å². The fourth-order valence-electron chi connectivity index (χ4n) is 3.38. The molecule has 0 saturated heterocycles. The predicted octanol–water partition coefficient (Wildman–Crippen LogP) is 4.28. The Bertz CT molecular complexity index is 1350. The molecule has 0 fully saturated rings. The van der Waals surface area contributed by atoms with Crippen molar-refractivity contribution in [2.45, 2.75) is 0 Å². The molecule has 0 bridgehead atoms. The summed E-state index contributed by atoms with van der Waals surface area (Å²) in [5.74, 6) is -0.352. The number of pyridine rings is 4. The van der Waals surface area contributed by atoms with Crippen LogP contribution in [0.1, 0.15) is 0 Å². The highest BCUT2D eigenvalue weighted by Gasteiger charge is 2.16. The van der Waals surface area contributed by atoms with Gasteiger partial charge in [0.1, 0.15) is 5.82 Å². The Kier molecular flexibility index (Phi) is 3.69. The minimum atomic E-state index is -0.352. The molecule has 0 aliphatic heterocycles. The number of halogens is 1. The number of benzene rings is 1. The Labute approximate surface area is 159 Å². The van der Waals surface area contributed by atoms with Crippen LogP contribution in [0.3, 0.4) is 0 Å². The second-order valence-corrected chi connectivity index (χ2v) is 6.38. The molecular weight excluding hydrogens is 355 g/mol. The van der Waals surface area contributed by atoms with Gasteiger partial charge in [0.2, 0.25) is 0 Å². The maximum atomic E-state index is 14.4. The Morgan fingerprint density at radius 1 is 0.857 bits per heavy atom. The van der Waals surface area contributed by atoms with E-state index in [4.69, 9.17) is 0 Å². The highest BCUT2D eigenvalue weighted by atomic mass is 19.1. The van der Waals surface area contributed by atoms with E-state index in [9.17, 15) is 9.60 Å². The van der Waals surface area contributed by atoms with E-state index in [0.717, 1.165) is 26.5 Å². The van der Waals surface area contributed by atoms with Crippen molar-refractivity contribution in [1.29, 1.82) is 0 Å². The normalized spacial score (nSPS) is 11.2. The van der Waals surface area contributed by atoms with E-state index in [2.05, 4.69) is 15.0 Å². The molecule has 0 radical (unpaired) electrons. The van der Waals surface area contributed by atoms with Gasteiger partial charge in [-0.15, -0.1) is 0 Å². The summed E-state index contributed by atoms with van der Waals surface area (Å²) in [6.07, 6.45) is 6.25. The molecule has 0 N–H and O–H groups in total. The largest absolute Gasteiger partial charge is 0.619 e. The van der Waals surface area contributed by atoms with Crippen LogP contribution in [0.2, 0.25) is 0 Å². The van der Waals surface area contributed by atoms with Gasteiger partial charge in [0.25, 0.3) is 0 Å². The number of hydrogen-bond donors (Lipinski definition) is 0. The summed E-state index contributed by atoms with van der Waals surface area (Å²) in [5, 5.41) is 14.1. The molecule has 5 rings (SSSR count). The van der Waals surface area contributed by atoms with Gasteiger partial charge in [-0.3, -0.25) is 4.98 Å². The molecule has 134 valence electrons. The van der Waals surface area contributed by atoms with Gasteiger partial charge in [0, 0.05) is 40.4 Å². The number of fused-ring (bicyclic) bond motifs is 2. The monoisotopic (exact) mass is 368 g/mol. The highest BCUT2D eigenvalue weighted by Crippen LogP contribution is 2.34. The molecule has 5 nitrogen and oxygen atoms in total. The maximum absolute atomic E-state index is 14.4. The molecule has 0 amide bonds. The van der Waals surface area contributed by atoms with Crippen molar-refractivity contribution < 1.29 is 9.12 Å².